The largest absolute Gasteiger partial charge is 0.415 e. The lowest BCUT2D eigenvalue weighted by Gasteiger charge is -2.11. The highest BCUT2D eigenvalue weighted by Crippen LogP contribution is 2.48. The average molecular weight is 478 g/mol. The molecule has 0 bridgehead atoms. The molecular formula is C10Cl7NO2S2. The van der Waals surface area contributed by atoms with Crippen molar-refractivity contribution in [1.82, 2.24) is 4.98 Å². The van der Waals surface area contributed by atoms with Crippen LogP contribution in [-0.2, 0) is 0 Å². The SMILES string of the molecule is O=C(Oc1c(Cl)c(Cl)c(Cl)c(Cl)c1Cl)Sc1nc(Cl)c(Cl)s1. The van der Waals surface area contributed by atoms with Crippen LogP contribution in [0.25, 0.3) is 0 Å². The van der Waals surface area contributed by atoms with Crippen LogP contribution in [0.5, 0.6) is 5.75 Å². The molecule has 0 aliphatic carbocycles. The first-order valence-corrected chi connectivity index (χ1v) is 9.23. The fourth-order valence-corrected chi connectivity index (χ4v) is 4.50. The lowest BCUT2D eigenvalue weighted by Crippen LogP contribution is -2.02. The maximum atomic E-state index is 11.9. The number of halogens is 7. The van der Waals surface area contributed by atoms with Gasteiger partial charge in [-0.05, 0) is 0 Å². The third-order valence-electron chi connectivity index (χ3n) is 2.05. The van der Waals surface area contributed by atoms with Crippen LogP contribution in [0.1, 0.15) is 0 Å². The molecule has 118 valence electrons. The zero-order valence-corrected chi connectivity index (χ0v) is 16.7. The van der Waals surface area contributed by atoms with Crippen LogP contribution in [0.4, 0.5) is 4.79 Å². The minimum Gasteiger partial charge on any atom is -0.415 e. The summed E-state index contributed by atoms with van der Waals surface area (Å²) in [4.78, 5) is 15.8. The Kier molecular flexibility index (Phi) is 6.68. The van der Waals surface area contributed by atoms with E-state index in [0.29, 0.717) is 16.1 Å². The molecule has 0 aliphatic rings. The highest BCUT2D eigenvalue weighted by molar-refractivity contribution is 8.14. The van der Waals surface area contributed by atoms with Gasteiger partial charge in [0.2, 0.25) is 0 Å². The zero-order chi connectivity index (χ0) is 16.6. The molecule has 0 spiro atoms. The number of carbonyl (C=O) groups is 1. The predicted molar refractivity (Wildman–Crippen MR) is 95.5 cm³/mol. The minimum atomic E-state index is -0.777. The predicted octanol–water partition coefficient (Wildman–Crippen LogP) is 8.01. The van der Waals surface area contributed by atoms with Gasteiger partial charge in [0, 0.05) is 11.8 Å². The molecule has 22 heavy (non-hydrogen) atoms. The van der Waals surface area contributed by atoms with Gasteiger partial charge in [0.15, 0.2) is 15.2 Å². The van der Waals surface area contributed by atoms with E-state index in [1.54, 1.807) is 0 Å². The maximum absolute atomic E-state index is 11.9. The molecule has 1 aromatic heterocycles. The lowest BCUT2D eigenvalue weighted by atomic mass is 10.3. The van der Waals surface area contributed by atoms with E-state index in [2.05, 4.69) is 4.98 Å². The third kappa shape index (κ3) is 4.02. The summed E-state index contributed by atoms with van der Waals surface area (Å²) in [5, 5.41) is -1.15. The molecule has 0 atom stereocenters. The summed E-state index contributed by atoms with van der Waals surface area (Å²) in [6, 6.07) is 0. The molecular weight excluding hydrogens is 478 g/mol. The Morgan fingerprint density at radius 1 is 0.909 bits per heavy atom. The van der Waals surface area contributed by atoms with Gasteiger partial charge >= 0.3 is 5.30 Å². The van der Waals surface area contributed by atoms with E-state index in [1.165, 1.54) is 0 Å². The van der Waals surface area contributed by atoms with Gasteiger partial charge in [-0.25, -0.2) is 9.78 Å². The Labute approximate surface area is 167 Å². The number of thioether (sulfide) groups is 1. The number of aromatic nitrogens is 1. The fraction of sp³-hybridized carbons (Fsp3) is 0. The quantitative estimate of drug-likeness (QED) is 0.190. The van der Waals surface area contributed by atoms with Crippen LogP contribution in [0.2, 0.25) is 34.6 Å². The van der Waals surface area contributed by atoms with E-state index >= 15 is 0 Å². The third-order valence-corrected chi connectivity index (χ3v) is 6.84. The Bertz CT molecular complexity index is 716. The van der Waals surface area contributed by atoms with Crippen LogP contribution in [0.15, 0.2) is 4.34 Å². The van der Waals surface area contributed by atoms with E-state index in [9.17, 15) is 4.79 Å². The number of carbonyl (C=O) groups excluding carboxylic acids is 1. The van der Waals surface area contributed by atoms with E-state index < -0.39 is 5.30 Å². The number of nitrogens with zero attached hydrogens (tertiary/aromatic N) is 1. The normalized spacial score (nSPS) is 10.9. The monoisotopic (exact) mass is 475 g/mol. The van der Waals surface area contributed by atoms with Crippen molar-refractivity contribution in [2.24, 2.45) is 0 Å². The Balaban J connectivity index is 2.25. The Morgan fingerprint density at radius 3 is 1.86 bits per heavy atom. The van der Waals surface area contributed by atoms with Gasteiger partial charge in [-0.1, -0.05) is 92.5 Å². The number of thiazole rings is 1. The van der Waals surface area contributed by atoms with Gasteiger partial charge in [-0.3, -0.25) is 0 Å². The number of rotatable bonds is 2. The molecule has 1 heterocycles. The number of hydrogen-bond acceptors (Lipinski definition) is 5. The average Bonchev–Trinajstić information content (AvgIpc) is 2.77. The topological polar surface area (TPSA) is 39.2 Å². The minimum absolute atomic E-state index is 0.0377. The van der Waals surface area contributed by atoms with Crippen molar-refractivity contribution in [2.75, 3.05) is 0 Å². The van der Waals surface area contributed by atoms with Crippen molar-refractivity contribution < 1.29 is 9.53 Å². The van der Waals surface area contributed by atoms with Crippen LogP contribution in [0.3, 0.4) is 0 Å². The van der Waals surface area contributed by atoms with Gasteiger partial charge in [-0.15, -0.1) is 0 Å². The number of ether oxygens (including phenoxy) is 1. The van der Waals surface area contributed by atoms with Crippen LogP contribution in [0, 0.1) is 0 Å². The van der Waals surface area contributed by atoms with Crippen molar-refractivity contribution in [2.45, 2.75) is 4.34 Å². The molecule has 2 aromatic rings. The fourth-order valence-electron chi connectivity index (χ4n) is 1.16. The van der Waals surface area contributed by atoms with Crippen LogP contribution < -0.4 is 4.74 Å². The molecule has 3 nitrogen and oxygen atoms in total. The van der Waals surface area contributed by atoms with E-state index in [-0.39, 0.29) is 40.4 Å². The van der Waals surface area contributed by atoms with Gasteiger partial charge in [0.25, 0.3) is 0 Å². The summed E-state index contributed by atoms with van der Waals surface area (Å²) >= 11 is 42.6. The van der Waals surface area contributed by atoms with Crippen molar-refractivity contribution in [1.29, 1.82) is 0 Å². The summed E-state index contributed by atoms with van der Waals surface area (Å²) in [6.45, 7) is 0. The van der Waals surface area contributed by atoms with E-state index in [0.717, 1.165) is 11.3 Å². The summed E-state index contributed by atoms with van der Waals surface area (Å²) in [5.41, 5.74) is 0. The standard InChI is InChI=1S/C10Cl7NO2S2/c11-1-2(12)4(14)6(5(15)3(1)13)20-10(19)22-9-18-7(16)8(17)21-9. The van der Waals surface area contributed by atoms with Gasteiger partial charge in [-0.2, -0.15) is 0 Å². The molecule has 0 radical (unpaired) electrons. The number of benzene rings is 1. The summed E-state index contributed by atoms with van der Waals surface area (Å²) in [5.74, 6) is -0.200. The summed E-state index contributed by atoms with van der Waals surface area (Å²) in [7, 11) is 0. The van der Waals surface area contributed by atoms with Gasteiger partial charge in [0.1, 0.15) is 14.4 Å². The smallest absolute Gasteiger partial charge is 0.379 e. The molecule has 1 aromatic carbocycles. The molecule has 0 unspecified atom stereocenters. The Morgan fingerprint density at radius 2 is 1.41 bits per heavy atom. The maximum Gasteiger partial charge on any atom is 0.379 e. The molecule has 0 saturated heterocycles. The van der Waals surface area contributed by atoms with Crippen molar-refractivity contribution >= 4 is 110 Å². The molecule has 0 N–H and O–H groups in total. The van der Waals surface area contributed by atoms with Crippen molar-refractivity contribution in [3.63, 3.8) is 0 Å². The lowest BCUT2D eigenvalue weighted by molar-refractivity contribution is 0.227. The van der Waals surface area contributed by atoms with E-state index in [1.807, 2.05) is 0 Å². The number of hydrogen-bond donors (Lipinski definition) is 0. The van der Waals surface area contributed by atoms with Crippen molar-refractivity contribution in [3.05, 3.63) is 34.6 Å². The second kappa shape index (κ2) is 7.72. The first-order chi connectivity index (χ1) is 10.2. The first-order valence-electron chi connectivity index (χ1n) is 4.95. The molecule has 2 rings (SSSR count). The molecule has 0 amide bonds. The zero-order valence-electron chi connectivity index (χ0n) is 9.73. The summed E-state index contributed by atoms with van der Waals surface area (Å²) in [6.07, 6.45) is 0. The summed E-state index contributed by atoms with van der Waals surface area (Å²) < 4.78 is 5.60. The van der Waals surface area contributed by atoms with Crippen LogP contribution in [-0.4, -0.2) is 10.3 Å². The molecule has 0 aliphatic heterocycles. The van der Waals surface area contributed by atoms with Crippen LogP contribution >= 0.6 is 104 Å². The van der Waals surface area contributed by atoms with Crippen molar-refractivity contribution in [3.8, 4) is 5.75 Å². The molecule has 0 saturated carbocycles. The second-order valence-corrected chi connectivity index (χ2v) is 8.43. The molecule has 0 fully saturated rings. The molecule has 12 heteroatoms. The Hall–Kier alpha value is 0.700. The second-order valence-electron chi connectivity index (χ2n) is 3.40. The highest BCUT2D eigenvalue weighted by atomic mass is 35.5. The van der Waals surface area contributed by atoms with Gasteiger partial charge < -0.3 is 4.74 Å². The van der Waals surface area contributed by atoms with E-state index in [4.69, 9.17) is 85.9 Å². The first kappa shape index (κ1) is 19.0. The van der Waals surface area contributed by atoms with Gasteiger partial charge in [0.05, 0.1) is 15.1 Å². The highest BCUT2D eigenvalue weighted by Gasteiger charge is 2.23.